The molecule has 0 spiro atoms. The zero-order chi connectivity index (χ0) is 17.2. The SMILES string of the molecule is [C-]#[N+]c1ccccc1/C=N/N=C(N)N/N=C/c1ccccc1C#N. The molecule has 7 nitrogen and oxygen atoms in total. The van der Waals surface area contributed by atoms with Crippen LogP contribution in [0.4, 0.5) is 5.69 Å². The molecule has 0 radical (unpaired) electrons. The number of nitriles is 1. The Bertz CT molecular complexity index is 882. The molecule has 0 bridgehead atoms. The molecule has 0 fully saturated rings. The molecule has 0 aliphatic carbocycles. The summed E-state index contributed by atoms with van der Waals surface area (Å²) >= 11 is 0. The van der Waals surface area contributed by atoms with Gasteiger partial charge in [-0.15, -0.1) is 5.10 Å². The molecule has 0 aliphatic heterocycles. The van der Waals surface area contributed by atoms with Crippen molar-refractivity contribution in [3.05, 3.63) is 76.6 Å². The Morgan fingerprint density at radius 2 is 1.83 bits per heavy atom. The van der Waals surface area contributed by atoms with E-state index in [0.29, 0.717) is 22.4 Å². The maximum Gasteiger partial charge on any atom is 0.234 e. The molecule has 3 N–H and O–H groups in total. The Morgan fingerprint density at radius 1 is 1.12 bits per heavy atom. The number of nitrogens with zero attached hydrogens (tertiary/aromatic N) is 5. The van der Waals surface area contributed by atoms with Gasteiger partial charge in [-0.2, -0.15) is 15.5 Å². The monoisotopic (exact) mass is 315 g/mol. The fourth-order valence-corrected chi connectivity index (χ4v) is 1.75. The molecular weight excluding hydrogens is 302 g/mol. The first-order chi connectivity index (χ1) is 11.7. The number of nitrogens with one attached hydrogen (secondary N) is 1. The quantitative estimate of drug-likeness (QED) is 0.392. The Kier molecular flexibility index (Phi) is 5.79. The second-order valence-electron chi connectivity index (χ2n) is 4.47. The predicted octanol–water partition coefficient (Wildman–Crippen LogP) is 2.38. The number of benzene rings is 2. The lowest BCUT2D eigenvalue weighted by Crippen LogP contribution is -2.26. The highest BCUT2D eigenvalue weighted by atomic mass is 15.4. The van der Waals surface area contributed by atoms with Gasteiger partial charge in [0, 0.05) is 17.3 Å². The summed E-state index contributed by atoms with van der Waals surface area (Å²) in [6.45, 7) is 7.06. The highest BCUT2D eigenvalue weighted by Gasteiger charge is 1.97. The molecule has 7 heteroatoms. The first-order valence-corrected chi connectivity index (χ1v) is 6.86. The summed E-state index contributed by atoms with van der Waals surface area (Å²) in [6.07, 6.45) is 2.91. The van der Waals surface area contributed by atoms with Gasteiger partial charge >= 0.3 is 0 Å². The number of guanidine groups is 1. The van der Waals surface area contributed by atoms with Crippen molar-refractivity contribution < 1.29 is 0 Å². The maximum absolute atomic E-state index is 8.97. The van der Waals surface area contributed by atoms with Gasteiger partial charge in [-0.1, -0.05) is 42.5 Å². The van der Waals surface area contributed by atoms with Gasteiger partial charge in [-0.25, -0.2) is 10.3 Å². The zero-order valence-corrected chi connectivity index (χ0v) is 12.6. The average molecular weight is 315 g/mol. The van der Waals surface area contributed by atoms with E-state index in [9.17, 15) is 0 Å². The molecule has 0 atom stereocenters. The van der Waals surface area contributed by atoms with E-state index in [4.69, 9.17) is 17.6 Å². The second-order valence-corrected chi connectivity index (χ2v) is 4.47. The van der Waals surface area contributed by atoms with E-state index in [1.807, 2.05) is 0 Å². The predicted molar refractivity (Wildman–Crippen MR) is 93.8 cm³/mol. The third-order valence-corrected chi connectivity index (χ3v) is 2.88. The summed E-state index contributed by atoms with van der Waals surface area (Å²) in [6, 6.07) is 16.1. The van der Waals surface area contributed by atoms with Gasteiger partial charge in [0.2, 0.25) is 5.96 Å². The van der Waals surface area contributed by atoms with Crippen molar-refractivity contribution in [1.82, 2.24) is 5.43 Å². The van der Waals surface area contributed by atoms with Gasteiger partial charge in [0.15, 0.2) is 5.69 Å². The van der Waals surface area contributed by atoms with E-state index in [2.05, 4.69) is 31.6 Å². The largest absolute Gasteiger partial charge is 0.367 e. The van der Waals surface area contributed by atoms with Crippen molar-refractivity contribution in [3.8, 4) is 6.07 Å². The summed E-state index contributed by atoms with van der Waals surface area (Å²) in [4.78, 5) is 3.38. The van der Waals surface area contributed by atoms with Crippen LogP contribution in [0.2, 0.25) is 0 Å². The number of hydrazone groups is 1. The van der Waals surface area contributed by atoms with E-state index in [-0.39, 0.29) is 5.96 Å². The third kappa shape index (κ3) is 4.52. The molecule has 0 aromatic heterocycles. The molecule has 2 aromatic rings. The third-order valence-electron chi connectivity index (χ3n) is 2.88. The van der Waals surface area contributed by atoms with Crippen molar-refractivity contribution in [3.63, 3.8) is 0 Å². The normalized spacial score (nSPS) is 11.3. The fraction of sp³-hybridized carbons (Fsp3) is 0. The van der Waals surface area contributed by atoms with Crippen molar-refractivity contribution in [2.75, 3.05) is 0 Å². The Hall–Kier alpha value is -3.97. The van der Waals surface area contributed by atoms with Crippen LogP contribution in [0.15, 0.2) is 63.8 Å². The van der Waals surface area contributed by atoms with Crippen LogP contribution in [0, 0.1) is 17.9 Å². The van der Waals surface area contributed by atoms with Crippen LogP contribution >= 0.6 is 0 Å². The van der Waals surface area contributed by atoms with Gasteiger partial charge in [-0.3, -0.25) is 0 Å². The average Bonchev–Trinajstić information content (AvgIpc) is 2.62. The molecule has 24 heavy (non-hydrogen) atoms. The van der Waals surface area contributed by atoms with E-state index >= 15 is 0 Å². The number of hydrogen-bond donors (Lipinski definition) is 2. The summed E-state index contributed by atoms with van der Waals surface area (Å²) in [5, 5.41) is 20.4. The first kappa shape index (κ1) is 16.4. The summed E-state index contributed by atoms with van der Waals surface area (Å²) in [5.74, 6) is -0.0165. The van der Waals surface area contributed by atoms with Gasteiger partial charge < -0.3 is 5.73 Å². The van der Waals surface area contributed by atoms with Gasteiger partial charge in [-0.05, 0) is 6.07 Å². The fourth-order valence-electron chi connectivity index (χ4n) is 1.75. The van der Waals surface area contributed by atoms with E-state index in [0.717, 1.165) is 0 Å². The lowest BCUT2D eigenvalue weighted by atomic mass is 10.1. The van der Waals surface area contributed by atoms with Crippen LogP contribution in [-0.2, 0) is 0 Å². The van der Waals surface area contributed by atoms with Crippen LogP contribution in [0.25, 0.3) is 4.85 Å². The van der Waals surface area contributed by atoms with E-state index in [1.165, 1.54) is 12.4 Å². The van der Waals surface area contributed by atoms with Gasteiger partial charge in [0.25, 0.3) is 0 Å². The lowest BCUT2D eigenvalue weighted by Gasteiger charge is -1.98. The second kappa shape index (κ2) is 8.47. The van der Waals surface area contributed by atoms with Crippen LogP contribution in [0.1, 0.15) is 16.7 Å². The van der Waals surface area contributed by atoms with Crippen LogP contribution in [-0.4, -0.2) is 18.4 Å². The summed E-state index contributed by atoms with van der Waals surface area (Å²) in [5.41, 5.74) is 10.4. The molecule has 0 unspecified atom stereocenters. The van der Waals surface area contributed by atoms with Crippen molar-refractivity contribution in [1.29, 1.82) is 5.26 Å². The molecule has 0 heterocycles. The van der Waals surface area contributed by atoms with Gasteiger partial charge in [0.05, 0.1) is 24.4 Å². The Labute approximate surface area is 139 Å². The molecule has 0 aliphatic rings. The van der Waals surface area contributed by atoms with Crippen molar-refractivity contribution in [2.45, 2.75) is 0 Å². The highest BCUT2D eigenvalue weighted by molar-refractivity contribution is 5.89. The van der Waals surface area contributed by atoms with Crippen molar-refractivity contribution >= 4 is 24.1 Å². The molecule has 0 saturated carbocycles. The van der Waals surface area contributed by atoms with Crippen LogP contribution < -0.4 is 11.2 Å². The molecular formula is C17H13N7. The maximum atomic E-state index is 8.97. The van der Waals surface area contributed by atoms with E-state index in [1.54, 1.807) is 48.5 Å². The minimum Gasteiger partial charge on any atom is -0.367 e. The number of para-hydroxylation sites is 1. The molecule has 2 rings (SSSR count). The minimum atomic E-state index is -0.0165. The Balaban J connectivity index is 2.00. The van der Waals surface area contributed by atoms with Gasteiger partial charge in [0.1, 0.15) is 0 Å². The molecule has 0 saturated heterocycles. The molecule has 2 aromatic carbocycles. The number of hydrogen-bond acceptors (Lipinski definition) is 4. The zero-order valence-electron chi connectivity index (χ0n) is 12.6. The van der Waals surface area contributed by atoms with Crippen molar-refractivity contribution in [2.24, 2.45) is 21.0 Å². The van der Waals surface area contributed by atoms with Crippen LogP contribution in [0.3, 0.4) is 0 Å². The standard InChI is InChI=1S/C17H13N7/c1-20-16-9-5-4-8-15(16)12-22-24-17(19)23-21-11-14-7-3-2-6-13(14)10-18/h2-9,11-12H,(H3,19,23,24)/b21-11+,22-12+. The van der Waals surface area contributed by atoms with E-state index < -0.39 is 0 Å². The number of rotatable bonds is 4. The number of nitrogens with two attached hydrogens (primary N) is 1. The summed E-state index contributed by atoms with van der Waals surface area (Å²) in [7, 11) is 0. The minimum absolute atomic E-state index is 0.0165. The Morgan fingerprint density at radius 3 is 2.58 bits per heavy atom. The molecule has 116 valence electrons. The topological polar surface area (TPSA) is 103 Å². The van der Waals surface area contributed by atoms with Crippen LogP contribution in [0.5, 0.6) is 0 Å². The smallest absolute Gasteiger partial charge is 0.234 e. The highest BCUT2D eigenvalue weighted by Crippen LogP contribution is 2.15. The lowest BCUT2D eigenvalue weighted by molar-refractivity contribution is 0.994. The summed E-state index contributed by atoms with van der Waals surface area (Å²) < 4.78 is 0. The molecule has 0 amide bonds. The first-order valence-electron chi connectivity index (χ1n) is 6.86.